The molecule has 0 fully saturated rings. The number of rotatable bonds is 6. The Bertz CT molecular complexity index is 751. The molecule has 3 heterocycles. The minimum absolute atomic E-state index is 0.546. The van der Waals surface area contributed by atoms with Crippen LogP contribution in [0.2, 0.25) is 0 Å². The molecule has 0 atom stereocenters. The number of nitrogens with zero attached hydrogens (tertiary/aromatic N) is 6. The maximum Gasteiger partial charge on any atom is 0.151 e. The second kappa shape index (κ2) is 8.08. The molecule has 0 aliphatic rings. The van der Waals surface area contributed by atoms with Crippen molar-refractivity contribution < 1.29 is 0 Å². The lowest BCUT2D eigenvalue weighted by molar-refractivity contribution is 1.12. The van der Waals surface area contributed by atoms with Crippen molar-refractivity contribution in [3.05, 3.63) is 72.6 Å². The van der Waals surface area contributed by atoms with E-state index in [9.17, 15) is 0 Å². The predicted molar refractivity (Wildman–Crippen MR) is 92.9 cm³/mol. The summed E-state index contributed by atoms with van der Waals surface area (Å²) in [6.07, 6.45) is 11.6. The van der Waals surface area contributed by atoms with Crippen LogP contribution >= 0.6 is 0 Å². The molecule has 0 saturated heterocycles. The van der Waals surface area contributed by atoms with Gasteiger partial charge in [0, 0.05) is 42.0 Å². The fourth-order valence-corrected chi connectivity index (χ4v) is 1.73. The lowest BCUT2D eigenvalue weighted by Crippen LogP contribution is -1.98. The number of hydrogen-bond donors (Lipinski definition) is 2. The highest BCUT2D eigenvalue weighted by Crippen LogP contribution is 2.08. The monoisotopic (exact) mass is 318 g/mol. The van der Waals surface area contributed by atoms with Crippen molar-refractivity contribution in [1.29, 1.82) is 0 Å². The van der Waals surface area contributed by atoms with Crippen LogP contribution in [0.3, 0.4) is 0 Å². The van der Waals surface area contributed by atoms with Crippen LogP contribution in [0, 0.1) is 0 Å². The largest absolute Gasteiger partial charge is 0.264 e. The number of hydrazone groups is 2. The van der Waals surface area contributed by atoms with Crippen molar-refractivity contribution in [1.82, 2.24) is 19.9 Å². The Morgan fingerprint density at radius 2 is 1.33 bits per heavy atom. The molecule has 0 spiro atoms. The van der Waals surface area contributed by atoms with E-state index in [1.54, 1.807) is 43.3 Å². The molecule has 0 bridgehead atoms. The Kier molecular flexibility index (Phi) is 5.13. The minimum Gasteiger partial charge on any atom is -0.264 e. The summed E-state index contributed by atoms with van der Waals surface area (Å²) in [5, 5.41) is 8.20. The first-order chi connectivity index (χ1) is 11.9. The minimum atomic E-state index is 0.546. The molecule has 0 saturated carbocycles. The number of anilines is 2. The lowest BCUT2D eigenvalue weighted by atomic mass is 10.3. The second-order valence-corrected chi connectivity index (χ2v) is 4.60. The van der Waals surface area contributed by atoms with E-state index >= 15 is 0 Å². The molecular weight excluding hydrogens is 304 g/mol. The van der Waals surface area contributed by atoms with Gasteiger partial charge in [0.2, 0.25) is 0 Å². The average Bonchev–Trinajstić information content (AvgIpc) is 2.64. The van der Waals surface area contributed by atoms with Gasteiger partial charge in [0.25, 0.3) is 0 Å². The van der Waals surface area contributed by atoms with Crippen LogP contribution in [-0.2, 0) is 0 Å². The summed E-state index contributed by atoms with van der Waals surface area (Å²) in [7, 11) is 0. The van der Waals surface area contributed by atoms with E-state index in [1.165, 1.54) is 6.33 Å². The standard InChI is InChI=1S/C16H14N8/c1-3-13(8-17-5-1)10-21-23-15-7-16(20-12-19-15)24-22-11-14-4-2-6-18-9-14/h1-12H,(H2,19,20,23,24)/b21-10+,22-11+. The highest BCUT2D eigenvalue weighted by Gasteiger charge is 1.96. The van der Waals surface area contributed by atoms with E-state index in [0.29, 0.717) is 11.6 Å². The topological polar surface area (TPSA) is 100 Å². The third-order valence-corrected chi connectivity index (χ3v) is 2.82. The second-order valence-electron chi connectivity index (χ2n) is 4.60. The summed E-state index contributed by atoms with van der Waals surface area (Å²) in [5.41, 5.74) is 7.44. The number of aromatic nitrogens is 4. The molecule has 118 valence electrons. The van der Waals surface area contributed by atoms with Crippen molar-refractivity contribution in [2.24, 2.45) is 10.2 Å². The Morgan fingerprint density at radius 1 is 0.792 bits per heavy atom. The molecular formula is C16H14N8. The maximum absolute atomic E-state index is 4.10. The summed E-state index contributed by atoms with van der Waals surface area (Å²) < 4.78 is 0. The van der Waals surface area contributed by atoms with Gasteiger partial charge >= 0.3 is 0 Å². The van der Waals surface area contributed by atoms with Crippen molar-refractivity contribution in [2.45, 2.75) is 0 Å². The van der Waals surface area contributed by atoms with E-state index in [-0.39, 0.29) is 0 Å². The zero-order chi connectivity index (χ0) is 16.5. The van der Waals surface area contributed by atoms with E-state index < -0.39 is 0 Å². The van der Waals surface area contributed by atoms with Crippen LogP contribution in [0.25, 0.3) is 0 Å². The fraction of sp³-hybridized carbons (Fsp3) is 0. The fourth-order valence-electron chi connectivity index (χ4n) is 1.73. The third-order valence-electron chi connectivity index (χ3n) is 2.82. The van der Waals surface area contributed by atoms with Gasteiger partial charge in [-0.2, -0.15) is 10.2 Å². The van der Waals surface area contributed by atoms with Gasteiger partial charge < -0.3 is 0 Å². The Labute approximate surface area is 138 Å². The molecule has 3 aromatic rings. The van der Waals surface area contributed by atoms with Crippen molar-refractivity contribution in [2.75, 3.05) is 10.9 Å². The molecule has 0 aliphatic heterocycles. The molecule has 0 unspecified atom stereocenters. The molecule has 24 heavy (non-hydrogen) atoms. The van der Waals surface area contributed by atoms with Gasteiger partial charge in [-0.05, 0) is 12.1 Å². The lowest BCUT2D eigenvalue weighted by Gasteiger charge is -2.02. The molecule has 3 aromatic heterocycles. The normalized spacial score (nSPS) is 11.0. The number of nitrogens with one attached hydrogen (secondary N) is 2. The van der Waals surface area contributed by atoms with Gasteiger partial charge in [0.1, 0.15) is 6.33 Å². The van der Waals surface area contributed by atoms with Gasteiger partial charge in [-0.15, -0.1) is 0 Å². The van der Waals surface area contributed by atoms with Crippen LogP contribution in [0.15, 0.2) is 71.6 Å². The smallest absolute Gasteiger partial charge is 0.151 e. The zero-order valence-electron chi connectivity index (χ0n) is 12.6. The van der Waals surface area contributed by atoms with E-state index in [2.05, 4.69) is 41.0 Å². The van der Waals surface area contributed by atoms with Crippen LogP contribution in [-0.4, -0.2) is 32.4 Å². The van der Waals surface area contributed by atoms with Gasteiger partial charge in [-0.3, -0.25) is 20.8 Å². The van der Waals surface area contributed by atoms with Gasteiger partial charge in [-0.25, -0.2) is 9.97 Å². The zero-order valence-corrected chi connectivity index (χ0v) is 12.6. The molecule has 3 rings (SSSR count). The van der Waals surface area contributed by atoms with E-state index in [1.807, 2.05) is 24.3 Å². The highest BCUT2D eigenvalue weighted by atomic mass is 15.3. The molecule has 8 heteroatoms. The van der Waals surface area contributed by atoms with Gasteiger partial charge in [0.15, 0.2) is 11.6 Å². The molecule has 0 amide bonds. The summed E-state index contributed by atoms with van der Waals surface area (Å²) >= 11 is 0. The van der Waals surface area contributed by atoms with Gasteiger partial charge in [0.05, 0.1) is 12.4 Å². The molecule has 0 aromatic carbocycles. The number of pyridine rings is 2. The van der Waals surface area contributed by atoms with Crippen molar-refractivity contribution >= 4 is 24.1 Å². The molecule has 0 radical (unpaired) electrons. The Balaban J connectivity index is 1.58. The third kappa shape index (κ3) is 4.67. The first kappa shape index (κ1) is 15.2. The highest BCUT2D eigenvalue weighted by molar-refractivity contribution is 5.80. The quantitative estimate of drug-likeness (QED) is 0.533. The van der Waals surface area contributed by atoms with Gasteiger partial charge in [-0.1, -0.05) is 12.1 Å². The van der Waals surface area contributed by atoms with Crippen molar-refractivity contribution in [3.63, 3.8) is 0 Å². The first-order valence-electron chi connectivity index (χ1n) is 7.10. The van der Waals surface area contributed by atoms with E-state index in [4.69, 9.17) is 0 Å². The Hall–Kier alpha value is -3.68. The average molecular weight is 318 g/mol. The molecule has 0 aliphatic carbocycles. The summed E-state index contributed by atoms with van der Waals surface area (Å²) in [5.74, 6) is 1.09. The van der Waals surface area contributed by atoms with Crippen molar-refractivity contribution in [3.8, 4) is 0 Å². The summed E-state index contributed by atoms with van der Waals surface area (Å²) in [4.78, 5) is 16.2. The SMILES string of the molecule is C(=N\Nc1cc(N/N=C/c2cccnc2)ncn1)/c1cccnc1. The van der Waals surface area contributed by atoms with E-state index in [0.717, 1.165) is 11.1 Å². The summed E-state index contributed by atoms with van der Waals surface area (Å²) in [6.45, 7) is 0. The Morgan fingerprint density at radius 3 is 1.79 bits per heavy atom. The first-order valence-corrected chi connectivity index (χ1v) is 7.10. The van der Waals surface area contributed by atoms with Crippen LogP contribution in [0.5, 0.6) is 0 Å². The van der Waals surface area contributed by atoms with Crippen LogP contribution in [0.1, 0.15) is 11.1 Å². The molecule has 2 N–H and O–H groups in total. The predicted octanol–water partition coefficient (Wildman–Crippen LogP) is 2.16. The van der Waals surface area contributed by atoms with Crippen LogP contribution in [0.4, 0.5) is 11.6 Å². The summed E-state index contributed by atoms with van der Waals surface area (Å²) in [6, 6.07) is 9.18. The van der Waals surface area contributed by atoms with Crippen LogP contribution < -0.4 is 10.9 Å². The number of hydrogen-bond acceptors (Lipinski definition) is 8. The molecule has 8 nitrogen and oxygen atoms in total. The maximum atomic E-state index is 4.10.